The molecule has 2 heteroatoms. The van der Waals surface area contributed by atoms with Gasteiger partial charge in [0.25, 0.3) is 0 Å². The average Bonchev–Trinajstić information content (AvgIpc) is 3.23. The predicted octanol–water partition coefficient (Wildman–Crippen LogP) is 5.77. The molecule has 3 aromatic carbocycles. The number of benzene rings is 3. The zero-order valence-electron chi connectivity index (χ0n) is 17.3. The van der Waals surface area contributed by atoms with Crippen LogP contribution >= 0.6 is 0 Å². The van der Waals surface area contributed by atoms with Crippen LogP contribution in [0.25, 0.3) is 0 Å². The molecule has 0 radical (unpaired) electrons. The summed E-state index contributed by atoms with van der Waals surface area (Å²) >= 11 is 0. The van der Waals surface area contributed by atoms with Crippen molar-refractivity contribution in [1.29, 1.82) is 0 Å². The third-order valence-corrected chi connectivity index (χ3v) is 10.9. The Hall–Kier alpha value is -2.84. The van der Waals surface area contributed by atoms with E-state index in [1.807, 2.05) is 0 Å². The fraction of sp³-hybridized carbons (Fsp3) is 0.185. The number of anilines is 1. The van der Waals surface area contributed by atoms with Crippen LogP contribution in [0.4, 0.5) is 5.69 Å². The van der Waals surface area contributed by atoms with Crippen LogP contribution in [0.15, 0.2) is 115 Å². The molecule has 1 aliphatic rings. The largest absolute Gasteiger partial charge is 0.403 e. The summed E-state index contributed by atoms with van der Waals surface area (Å²) < 4.78 is 0. The summed E-state index contributed by atoms with van der Waals surface area (Å²) in [5, 5.41) is 2.78. The second kappa shape index (κ2) is 8.26. The highest BCUT2D eigenvalue weighted by Crippen LogP contribution is 2.49. The quantitative estimate of drug-likeness (QED) is 0.501. The molecule has 0 aliphatic heterocycles. The van der Waals surface area contributed by atoms with E-state index in [0.717, 1.165) is 6.42 Å². The number of rotatable bonds is 7. The van der Waals surface area contributed by atoms with Gasteiger partial charge in [-0.25, -0.2) is 0 Å². The van der Waals surface area contributed by atoms with E-state index in [1.165, 1.54) is 16.1 Å². The molecule has 29 heavy (non-hydrogen) atoms. The summed E-state index contributed by atoms with van der Waals surface area (Å²) in [6.45, 7) is 4.67. The molecule has 0 unspecified atom stereocenters. The Kier molecular flexibility index (Phi) is 5.55. The molecule has 4 rings (SSSR count). The summed E-state index contributed by atoms with van der Waals surface area (Å²) in [7, 11) is -2.49. The van der Waals surface area contributed by atoms with Crippen molar-refractivity contribution in [3.63, 3.8) is 0 Å². The van der Waals surface area contributed by atoms with Gasteiger partial charge in [-0.05, 0) is 34.8 Å². The smallest absolute Gasteiger partial charge is 0.232 e. The minimum atomic E-state index is -2.49. The maximum atomic E-state index is 4.15. The van der Waals surface area contributed by atoms with Crippen molar-refractivity contribution < 1.29 is 0 Å². The van der Waals surface area contributed by atoms with Crippen LogP contribution in [0, 0.1) is 5.92 Å². The van der Waals surface area contributed by atoms with Gasteiger partial charge in [-0.1, -0.05) is 117 Å². The standard InChI is InChI=1S/C27H29NSi/c1-23(2)22-27(20-12-13-21-27)29(25-16-8-4-9-17-25,26-18-10-5-11-19-26)28-24-14-6-3-7-15-24/h3-21,23,28H,22H2,1-2H3. The van der Waals surface area contributed by atoms with Crippen LogP contribution in [-0.2, 0) is 0 Å². The third-order valence-electron chi connectivity index (χ3n) is 5.86. The van der Waals surface area contributed by atoms with Crippen molar-refractivity contribution in [2.75, 3.05) is 4.98 Å². The lowest BCUT2D eigenvalue weighted by Crippen LogP contribution is -2.71. The molecule has 3 aromatic rings. The van der Waals surface area contributed by atoms with E-state index >= 15 is 0 Å². The second-order valence-electron chi connectivity index (χ2n) is 8.33. The minimum Gasteiger partial charge on any atom is -0.403 e. The first-order valence-electron chi connectivity index (χ1n) is 10.5. The van der Waals surface area contributed by atoms with Crippen LogP contribution in [-0.4, -0.2) is 8.24 Å². The lowest BCUT2D eigenvalue weighted by Gasteiger charge is -2.47. The number of allylic oxidation sites excluding steroid dienone is 4. The summed E-state index contributed by atoms with van der Waals surface area (Å²) in [6.07, 6.45) is 10.5. The second-order valence-corrected chi connectivity index (χ2v) is 12.2. The van der Waals surface area contributed by atoms with E-state index in [0.29, 0.717) is 5.92 Å². The van der Waals surface area contributed by atoms with Gasteiger partial charge in [0.1, 0.15) is 0 Å². The highest BCUT2D eigenvalue weighted by molar-refractivity contribution is 7.07. The Bertz CT molecular complexity index is 923. The van der Waals surface area contributed by atoms with E-state index < -0.39 is 8.24 Å². The Labute approximate surface area is 175 Å². The van der Waals surface area contributed by atoms with Gasteiger partial charge in [0, 0.05) is 10.7 Å². The van der Waals surface area contributed by atoms with E-state index in [2.05, 4.69) is 134 Å². The zero-order chi connectivity index (χ0) is 20.2. The van der Waals surface area contributed by atoms with Gasteiger partial charge in [0.05, 0.1) is 0 Å². The summed E-state index contributed by atoms with van der Waals surface area (Å²) in [5.74, 6) is 0.583. The SMILES string of the molecule is CC(C)CC1([Si](Nc2ccccc2)(c2ccccc2)c2ccccc2)C=CC=C1. The molecule has 0 saturated carbocycles. The van der Waals surface area contributed by atoms with Crippen molar-refractivity contribution >= 4 is 24.3 Å². The number of para-hydroxylation sites is 1. The highest BCUT2D eigenvalue weighted by atomic mass is 28.3. The van der Waals surface area contributed by atoms with Crippen molar-refractivity contribution in [2.24, 2.45) is 5.92 Å². The van der Waals surface area contributed by atoms with E-state index in [-0.39, 0.29) is 5.04 Å². The molecule has 0 spiro atoms. The van der Waals surface area contributed by atoms with Crippen molar-refractivity contribution in [1.82, 2.24) is 0 Å². The van der Waals surface area contributed by atoms with Gasteiger partial charge >= 0.3 is 0 Å². The van der Waals surface area contributed by atoms with Crippen LogP contribution in [0.1, 0.15) is 20.3 Å². The Morgan fingerprint density at radius 1 is 0.690 bits per heavy atom. The van der Waals surface area contributed by atoms with Crippen molar-refractivity contribution in [3.05, 3.63) is 115 Å². The maximum Gasteiger partial charge on any atom is 0.232 e. The molecule has 0 bridgehead atoms. The first-order chi connectivity index (χ1) is 14.2. The minimum absolute atomic E-state index is 0.0419. The molecule has 0 atom stereocenters. The lowest BCUT2D eigenvalue weighted by molar-refractivity contribution is 0.538. The summed E-state index contributed by atoms with van der Waals surface area (Å²) in [6, 6.07) is 32.9. The van der Waals surface area contributed by atoms with Crippen molar-refractivity contribution in [2.45, 2.75) is 25.3 Å². The molecule has 0 amide bonds. The van der Waals surface area contributed by atoms with E-state index in [4.69, 9.17) is 0 Å². The van der Waals surface area contributed by atoms with Crippen LogP contribution in [0.3, 0.4) is 0 Å². The summed E-state index contributed by atoms with van der Waals surface area (Å²) in [5.41, 5.74) is 1.18. The van der Waals surface area contributed by atoms with Gasteiger partial charge in [0.15, 0.2) is 0 Å². The molecule has 0 saturated heterocycles. The van der Waals surface area contributed by atoms with E-state index in [1.54, 1.807) is 0 Å². The molecule has 0 fully saturated rings. The number of hydrogen-bond donors (Lipinski definition) is 1. The molecular weight excluding hydrogens is 366 g/mol. The van der Waals surface area contributed by atoms with E-state index in [9.17, 15) is 0 Å². The van der Waals surface area contributed by atoms with Gasteiger partial charge in [-0.2, -0.15) is 0 Å². The molecule has 1 aliphatic carbocycles. The normalized spacial score (nSPS) is 15.0. The Morgan fingerprint density at radius 3 is 1.59 bits per heavy atom. The van der Waals surface area contributed by atoms with Gasteiger partial charge in [0.2, 0.25) is 8.24 Å². The van der Waals surface area contributed by atoms with Crippen LogP contribution < -0.4 is 15.4 Å². The van der Waals surface area contributed by atoms with Crippen LogP contribution in [0.5, 0.6) is 0 Å². The fourth-order valence-corrected chi connectivity index (χ4v) is 10.1. The van der Waals surface area contributed by atoms with Gasteiger partial charge in [-0.3, -0.25) is 0 Å². The first-order valence-corrected chi connectivity index (χ1v) is 12.5. The lowest BCUT2D eigenvalue weighted by atomic mass is 9.97. The molecule has 1 nitrogen and oxygen atoms in total. The molecule has 146 valence electrons. The predicted molar refractivity (Wildman–Crippen MR) is 128 cm³/mol. The fourth-order valence-electron chi connectivity index (χ4n) is 4.80. The topological polar surface area (TPSA) is 12.0 Å². The molecule has 0 heterocycles. The zero-order valence-corrected chi connectivity index (χ0v) is 18.3. The Balaban J connectivity index is 2.03. The van der Waals surface area contributed by atoms with Crippen LogP contribution in [0.2, 0.25) is 5.04 Å². The maximum absolute atomic E-state index is 4.15. The number of nitrogens with one attached hydrogen (secondary N) is 1. The third kappa shape index (κ3) is 3.61. The highest BCUT2D eigenvalue weighted by Gasteiger charge is 2.54. The first kappa shape index (κ1) is 19.5. The Morgan fingerprint density at radius 2 is 1.14 bits per heavy atom. The molecular formula is C27H29NSi. The monoisotopic (exact) mass is 395 g/mol. The van der Waals surface area contributed by atoms with Gasteiger partial charge in [-0.15, -0.1) is 0 Å². The van der Waals surface area contributed by atoms with Crippen molar-refractivity contribution in [3.8, 4) is 0 Å². The van der Waals surface area contributed by atoms with Gasteiger partial charge < -0.3 is 4.98 Å². The molecule has 0 aromatic heterocycles. The number of hydrogen-bond acceptors (Lipinski definition) is 1. The molecule has 1 N–H and O–H groups in total. The average molecular weight is 396 g/mol. The summed E-state index contributed by atoms with van der Waals surface area (Å²) in [4.78, 5) is 4.15.